The van der Waals surface area contributed by atoms with Crippen LogP contribution in [0.2, 0.25) is 0 Å². The molecule has 1 aromatic carbocycles. The van der Waals surface area contributed by atoms with Gasteiger partial charge in [-0.15, -0.1) is 0 Å². The average molecular weight is 232 g/mol. The molecule has 3 heteroatoms. The second-order valence-corrected chi connectivity index (χ2v) is 5.03. The molecule has 2 heterocycles. The Morgan fingerprint density at radius 3 is 3.24 bits per heavy atom. The van der Waals surface area contributed by atoms with Gasteiger partial charge >= 0.3 is 0 Å². The zero-order valence-corrected chi connectivity index (χ0v) is 10.4. The van der Waals surface area contributed by atoms with E-state index in [1.807, 2.05) is 0 Å². The summed E-state index contributed by atoms with van der Waals surface area (Å²) in [7, 11) is 2.15. The van der Waals surface area contributed by atoms with Crippen molar-refractivity contribution < 1.29 is 4.74 Å². The summed E-state index contributed by atoms with van der Waals surface area (Å²) in [5.41, 5.74) is 2.72. The van der Waals surface area contributed by atoms with Crippen molar-refractivity contribution in [1.29, 1.82) is 0 Å². The van der Waals surface area contributed by atoms with Gasteiger partial charge in [-0.1, -0.05) is 6.07 Å². The number of benzene rings is 1. The standard InChI is InChI=1S/C14H20N2O/c1-16-9-7-12-13(16)5-2-6-14(12)17-10-11-4-3-8-15-11/h2,5-6,11,15H,3-4,7-10H2,1H3. The Kier molecular flexibility index (Phi) is 2.93. The highest BCUT2D eigenvalue weighted by molar-refractivity contribution is 5.62. The molecular formula is C14H20N2O. The maximum atomic E-state index is 5.99. The molecule has 2 aliphatic heterocycles. The van der Waals surface area contributed by atoms with Crippen molar-refractivity contribution in [2.45, 2.75) is 25.3 Å². The van der Waals surface area contributed by atoms with Gasteiger partial charge in [-0.2, -0.15) is 0 Å². The molecule has 0 bridgehead atoms. The lowest BCUT2D eigenvalue weighted by atomic mass is 10.1. The molecule has 1 aromatic rings. The van der Waals surface area contributed by atoms with Crippen LogP contribution < -0.4 is 15.0 Å². The molecule has 1 atom stereocenters. The molecule has 0 saturated carbocycles. The average Bonchev–Trinajstić information content (AvgIpc) is 2.97. The molecule has 1 fully saturated rings. The van der Waals surface area contributed by atoms with E-state index in [-0.39, 0.29) is 0 Å². The van der Waals surface area contributed by atoms with Gasteiger partial charge in [0.2, 0.25) is 0 Å². The highest BCUT2D eigenvalue weighted by Gasteiger charge is 2.20. The molecule has 0 radical (unpaired) electrons. The number of ether oxygens (including phenoxy) is 1. The molecule has 1 N–H and O–H groups in total. The number of anilines is 1. The van der Waals surface area contributed by atoms with E-state index in [4.69, 9.17) is 4.74 Å². The summed E-state index contributed by atoms with van der Waals surface area (Å²) in [6.45, 7) is 3.06. The third-order valence-corrected chi connectivity index (χ3v) is 3.82. The van der Waals surface area contributed by atoms with Crippen LogP contribution in [-0.2, 0) is 6.42 Å². The van der Waals surface area contributed by atoms with Crippen molar-refractivity contribution in [3.05, 3.63) is 23.8 Å². The van der Waals surface area contributed by atoms with Gasteiger partial charge in [0.25, 0.3) is 0 Å². The number of nitrogens with one attached hydrogen (secondary N) is 1. The van der Waals surface area contributed by atoms with Gasteiger partial charge in [0.1, 0.15) is 12.4 Å². The number of likely N-dealkylation sites (N-methyl/N-ethyl adjacent to an activating group) is 1. The highest BCUT2D eigenvalue weighted by Crippen LogP contribution is 2.34. The Labute approximate surface area is 103 Å². The molecule has 17 heavy (non-hydrogen) atoms. The van der Waals surface area contributed by atoms with Crippen LogP contribution in [0.3, 0.4) is 0 Å². The van der Waals surface area contributed by atoms with E-state index in [9.17, 15) is 0 Å². The van der Waals surface area contributed by atoms with Crippen LogP contribution in [0.15, 0.2) is 18.2 Å². The maximum Gasteiger partial charge on any atom is 0.124 e. The zero-order valence-electron chi connectivity index (χ0n) is 10.4. The molecule has 0 amide bonds. The van der Waals surface area contributed by atoms with Crippen molar-refractivity contribution in [2.75, 3.05) is 31.6 Å². The largest absolute Gasteiger partial charge is 0.492 e. The van der Waals surface area contributed by atoms with Crippen LogP contribution in [0, 0.1) is 0 Å². The van der Waals surface area contributed by atoms with Crippen molar-refractivity contribution >= 4 is 5.69 Å². The van der Waals surface area contributed by atoms with Gasteiger partial charge in [0.05, 0.1) is 0 Å². The number of rotatable bonds is 3. The quantitative estimate of drug-likeness (QED) is 0.860. The molecule has 3 nitrogen and oxygen atoms in total. The Bertz CT molecular complexity index is 399. The van der Waals surface area contributed by atoms with Crippen LogP contribution in [0.4, 0.5) is 5.69 Å². The van der Waals surface area contributed by atoms with Gasteiger partial charge in [-0.05, 0) is 37.9 Å². The molecule has 0 aromatic heterocycles. The molecule has 2 aliphatic rings. The number of nitrogens with zero attached hydrogens (tertiary/aromatic N) is 1. The first-order valence-electron chi connectivity index (χ1n) is 6.54. The summed E-state index contributed by atoms with van der Waals surface area (Å²) in [4.78, 5) is 2.30. The molecule has 1 unspecified atom stereocenters. The second kappa shape index (κ2) is 4.57. The van der Waals surface area contributed by atoms with Crippen LogP contribution in [0.1, 0.15) is 18.4 Å². The van der Waals surface area contributed by atoms with Crippen molar-refractivity contribution in [3.63, 3.8) is 0 Å². The summed E-state index contributed by atoms with van der Waals surface area (Å²) < 4.78 is 5.99. The van der Waals surface area contributed by atoms with Gasteiger partial charge in [0, 0.05) is 30.9 Å². The Morgan fingerprint density at radius 2 is 2.41 bits per heavy atom. The van der Waals surface area contributed by atoms with Crippen LogP contribution in [0.5, 0.6) is 5.75 Å². The summed E-state index contributed by atoms with van der Waals surface area (Å²) in [5, 5.41) is 3.47. The molecule has 0 spiro atoms. The third-order valence-electron chi connectivity index (χ3n) is 3.82. The predicted octanol–water partition coefficient (Wildman–Crippen LogP) is 1.81. The summed E-state index contributed by atoms with van der Waals surface area (Å²) >= 11 is 0. The van der Waals surface area contributed by atoms with Crippen molar-refractivity contribution in [2.24, 2.45) is 0 Å². The Balaban J connectivity index is 1.71. The minimum absolute atomic E-state index is 0.546. The molecule has 3 rings (SSSR count). The number of hydrogen-bond donors (Lipinski definition) is 1. The first kappa shape index (κ1) is 10.9. The Hall–Kier alpha value is -1.22. The van der Waals surface area contributed by atoms with Gasteiger partial charge in [0.15, 0.2) is 0 Å². The fourth-order valence-corrected chi connectivity index (χ4v) is 2.79. The monoisotopic (exact) mass is 232 g/mol. The van der Waals surface area contributed by atoms with Crippen LogP contribution in [-0.4, -0.2) is 32.8 Å². The Morgan fingerprint density at radius 1 is 1.47 bits per heavy atom. The lowest BCUT2D eigenvalue weighted by molar-refractivity contribution is 0.275. The predicted molar refractivity (Wildman–Crippen MR) is 69.9 cm³/mol. The third kappa shape index (κ3) is 2.12. The van der Waals surface area contributed by atoms with Crippen LogP contribution >= 0.6 is 0 Å². The lowest BCUT2D eigenvalue weighted by Gasteiger charge is -2.16. The van der Waals surface area contributed by atoms with E-state index in [1.54, 1.807) is 0 Å². The van der Waals surface area contributed by atoms with Crippen LogP contribution in [0.25, 0.3) is 0 Å². The summed E-state index contributed by atoms with van der Waals surface area (Å²) in [6, 6.07) is 6.93. The van der Waals surface area contributed by atoms with E-state index in [1.165, 1.54) is 24.1 Å². The molecule has 1 saturated heterocycles. The molecule has 0 aliphatic carbocycles. The maximum absolute atomic E-state index is 5.99. The molecular weight excluding hydrogens is 212 g/mol. The summed E-state index contributed by atoms with van der Waals surface area (Å²) in [5.74, 6) is 1.08. The number of hydrogen-bond acceptors (Lipinski definition) is 3. The van der Waals surface area contributed by atoms with E-state index >= 15 is 0 Å². The van der Waals surface area contributed by atoms with Gasteiger partial charge in [-0.25, -0.2) is 0 Å². The first-order valence-corrected chi connectivity index (χ1v) is 6.54. The minimum atomic E-state index is 0.546. The van der Waals surface area contributed by atoms with E-state index in [0.29, 0.717) is 6.04 Å². The molecule has 92 valence electrons. The zero-order chi connectivity index (χ0) is 11.7. The topological polar surface area (TPSA) is 24.5 Å². The van der Waals surface area contributed by atoms with E-state index in [0.717, 1.165) is 31.9 Å². The SMILES string of the molecule is CN1CCc2c(OCC3CCCN3)cccc21. The normalized spacial score (nSPS) is 22.9. The van der Waals surface area contributed by atoms with Crippen molar-refractivity contribution in [3.8, 4) is 5.75 Å². The fourth-order valence-electron chi connectivity index (χ4n) is 2.79. The second-order valence-electron chi connectivity index (χ2n) is 5.03. The van der Waals surface area contributed by atoms with E-state index < -0.39 is 0 Å². The fraction of sp³-hybridized carbons (Fsp3) is 0.571. The number of fused-ring (bicyclic) bond motifs is 1. The highest BCUT2D eigenvalue weighted by atomic mass is 16.5. The van der Waals surface area contributed by atoms with Gasteiger partial charge in [-0.3, -0.25) is 0 Å². The van der Waals surface area contributed by atoms with E-state index in [2.05, 4.69) is 35.5 Å². The first-order chi connectivity index (χ1) is 8.34. The summed E-state index contributed by atoms with van der Waals surface area (Å²) in [6.07, 6.45) is 3.64. The van der Waals surface area contributed by atoms with Crippen molar-refractivity contribution in [1.82, 2.24) is 5.32 Å². The minimum Gasteiger partial charge on any atom is -0.492 e. The smallest absolute Gasteiger partial charge is 0.124 e. The lowest BCUT2D eigenvalue weighted by Crippen LogP contribution is -2.28. The van der Waals surface area contributed by atoms with Gasteiger partial charge < -0.3 is 15.0 Å².